The van der Waals surface area contributed by atoms with Crippen LogP contribution in [0, 0.1) is 0 Å². The van der Waals surface area contributed by atoms with E-state index in [4.69, 9.17) is 9.84 Å². The third-order valence-electron chi connectivity index (χ3n) is 5.72. The molecular weight excluding hydrogens is 444 g/mol. The van der Waals surface area contributed by atoms with Crippen LogP contribution >= 0.6 is 0 Å². The van der Waals surface area contributed by atoms with Crippen LogP contribution < -0.4 is 15.2 Å². The van der Waals surface area contributed by atoms with Crippen LogP contribution in [0.1, 0.15) is 21.5 Å². The van der Waals surface area contributed by atoms with Gasteiger partial charge in [0.1, 0.15) is 17.9 Å². The van der Waals surface area contributed by atoms with Crippen LogP contribution in [-0.4, -0.2) is 22.9 Å². The number of amides is 2. The number of carboxylic acid groups (broad SMARTS) is 1. The molecule has 0 spiro atoms. The van der Waals surface area contributed by atoms with E-state index in [1.54, 1.807) is 48.5 Å². The van der Waals surface area contributed by atoms with Gasteiger partial charge in [-0.05, 0) is 52.7 Å². The number of anilines is 1. The maximum Gasteiger partial charge on any atom is 0.335 e. The van der Waals surface area contributed by atoms with E-state index < -0.39 is 17.8 Å². The van der Waals surface area contributed by atoms with Crippen LogP contribution in [0.25, 0.3) is 16.8 Å². The number of ether oxygens (including phenoxy) is 1. The third-order valence-corrected chi connectivity index (χ3v) is 5.72. The molecular formula is C28H20N2O5. The number of hydrogen-bond acceptors (Lipinski definition) is 4. The van der Waals surface area contributed by atoms with Crippen LogP contribution in [0.5, 0.6) is 5.75 Å². The summed E-state index contributed by atoms with van der Waals surface area (Å²) in [5.74, 6) is -1.45. The fraction of sp³-hybridized carbons (Fsp3) is 0.0357. The summed E-state index contributed by atoms with van der Waals surface area (Å²) in [6.07, 6.45) is 1.56. The Hall–Kier alpha value is -4.91. The second-order valence-corrected chi connectivity index (χ2v) is 7.96. The van der Waals surface area contributed by atoms with E-state index in [0.29, 0.717) is 17.0 Å². The summed E-state index contributed by atoms with van der Waals surface area (Å²) < 4.78 is 6.08. The molecule has 0 aliphatic carbocycles. The Morgan fingerprint density at radius 2 is 1.60 bits per heavy atom. The van der Waals surface area contributed by atoms with Crippen LogP contribution in [0.3, 0.4) is 0 Å². The van der Waals surface area contributed by atoms with E-state index in [2.05, 4.69) is 5.43 Å². The molecule has 0 bridgehead atoms. The number of hydrogen-bond donors (Lipinski definition) is 2. The summed E-state index contributed by atoms with van der Waals surface area (Å²) in [6, 6.07) is 26.6. The predicted molar refractivity (Wildman–Crippen MR) is 132 cm³/mol. The second-order valence-electron chi connectivity index (χ2n) is 7.96. The highest BCUT2D eigenvalue weighted by Crippen LogP contribution is 2.32. The Labute approximate surface area is 200 Å². The quantitative estimate of drug-likeness (QED) is 0.322. The summed E-state index contributed by atoms with van der Waals surface area (Å²) >= 11 is 0. The molecule has 2 amide bonds. The van der Waals surface area contributed by atoms with Gasteiger partial charge in [0.25, 0.3) is 11.8 Å². The summed E-state index contributed by atoms with van der Waals surface area (Å²) in [5.41, 5.74) is 4.77. The molecule has 0 aromatic heterocycles. The first kappa shape index (κ1) is 21.9. The summed E-state index contributed by atoms with van der Waals surface area (Å²) in [4.78, 5) is 37.0. The lowest BCUT2D eigenvalue weighted by molar-refractivity contribution is -0.117. The van der Waals surface area contributed by atoms with Crippen molar-refractivity contribution >= 4 is 40.3 Å². The molecule has 5 rings (SSSR count). The van der Waals surface area contributed by atoms with Gasteiger partial charge in [-0.2, -0.15) is 0 Å². The standard InChI is InChI=1S/C28H20N2O5/c31-26-24(27(32)30(29-26)21-7-2-1-3-8-21)16-23-22-9-5-4-6-19(22)14-15-25(23)35-17-18-10-12-20(13-11-18)28(33)34/h1-16H,17H2,(H,29,31)(H,33,34)/b24-16-. The van der Waals surface area contributed by atoms with Crippen molar-refractivity contribution in [3.8, 4) is 5.75 Å². The van der Waals surface area contributed by atoms with Gasteiger partial charge in [-0.15, -0.1) is 0 Å². The molecule has 1 heterocycles. The molecule has 7 nitrogen and oxygen atoms in total. The van der Waals surface area contributed by atoms with Gasteiger partial charge in [-0.25, -0.2) is 9.80 Å². The number of rotatable bonds is 6. The van der Waals surface area contributed by atoms with Gasteiger partial charge in [0.15, 0.2) is 0 Å². The number of aromatic carboxylic acids is 1. The van der Waals surface area contributed by atoms with E-state index in [9.17, 15) is 14.4 Å². The first-order valence-electron chi connectivity index (χ1n) is 10.9. The molecule has 1 saturated heterocycles. The van der Waals surface area contributed by atoms with Crippen LogP contribution in [0.2, 0.25) is 0 Å². The average molecular weight is 464 g/mol. The molecule has 0 atom stereocenters. The maximum atomic E-state index is 13.1. The first-order chi connectivity index (χ1) is 17.0. The fourth-order valence-corrected chi connectivity index (χ4v) is 3.92. The van der Waals surface area contributed by atoms with E-state index in [-0.39, 0.29) is 17.7 Å². The molecule has 4 aromatic rings. The molecule has 0 unspecified atom stereocenters. The monoisotopic (exact) mass is 464 g/mol. The normalized spacial score (nSPS) is 14.4. The van der Waals surface area contributed by atoms with E-state index in [0.717, 1.165) is 16.3 Å². The van der Waals surface area contributed by atoms with E-state index >= 15 is 0 Å². The van der Waals surface area contributed by atoms with Crippen molar-refractivity contribution in [2.24, 2.45) is 0 Å². The van der Waals surface area contributed by atoms with Gasteiger partial charge in [0.2, 0.25) is 0 Å². The van der Waals surface area contributed by atoms with Gasteiger partial charge < -0.3 is 9.84 Å². The van der Waals surface area contributed by atoms with Crippen LogP contribution in [0.15, 0.2) is 96.6 Å². The number of hydrazine groups is 1. The molecule has 0 radical (unpaired) electrons. The highest BCUT2D eigenvalue weighted by Gasteiger charge is 2.34. The van der Waals surface area contributed by atoms with Crippen LogP contribution in [0.4, 0.5) is 5.69 Å². The Morgan fingerprint density at radius 3 is 2.34 bits per heavy atom. The lowest BCUT2D eigenvalue weighted by Crippen LogP contribution is -2.35. The number of nitrogens with zero attached hydrogens (tertiary/aromatic N) is 1. The maximum absolute atomic E-state index is 13.1. The number of carbonyl (C=O) groups excluding carboxylic acids is 2. The predicted octanol–water partition coefficient (Wildman–Crippen LogP) is 4.58. The zero-order valence-electron chi connectivity index (χ0n) is 18.5. The number of carboxylic acids is 1. The van der Waals surface area contributed by atoms with Crippen molar-refractivity contribution in [1.82, 2.24) is 5.43 Å². The third kappa shape index (κ3) is 4.35. The lowest BCUT2D eigenvalue weighted by Gasteiger charge is -2.14. The van der Waals surface area contributed by atoms with Crippen molar-refractivity contribution in [2.45, 2.75) is 6.61 Å². The van der Waals surface area contributed by atoms with Gasteiger partial charge in [0, 0.05) is 5.56 Å². The summed E-state index contributed by atoms with van der Waals surface area (Å²) in [6.45, 7) is 0.185. The van der Waals surface area contributed by atoms with Crippen molar-refractivity contribution in [2.75, 3.05) is 5.01 Å². The number of benzene rings is 4. The van der Waals surface area contributed by atoms with E-state index in [1.165, 1.54) is 17.1 Å². The van der Waals surface area contributed by atoms with Gasteiger partial charge in [0.05, 0.1) is 11.3 Å². The molecule has 1 aliphatic rings. The molecule has 0 saturated carbocycles. The fourth-order valence-electron chi connectivity index (χ4n) is 3.92. The highest BCUT2D eigenvalue weighted by molar-refractivity contribution is 6.32. The SMILES string of the molecule is O=C1NN(c2ccccc2)C(=O)/C1=C\c1c(OCc2ccc(C(=O)O)cc2)ccc2ccccc12. The largest absolute Gasteiger partial charge is 0.488 e. The zero-order valence-corrected chi connectivity index (χ0v) is 18.5. The Balaban J connectivity index is 1.50. The minimum Gasteiger partial charge on any atom is -0.488 e. The lowest BCUT2D eigenvalue weighted by atomic mass is 10.0. The zero-order chi connectivity index (χ0) is 24.4. The van der Waals surface area contributed by atoms with Gasteiger partial charge in [-0.3, -0.25) is 15.0 Å². The topological polar surface area (TPSA) is 95.9 Å². The second kappa shape index (κ2) is 9.15. The Morgan fingerprint density at radius 1 is 0.886 bits per heavy atom. The molecule has 7 heteroatoms. The molecule has 1 aliphatic heterocycles. The van der Waals surface area contributed by atoms with Crippen molar-refractivity contribution < 1.29 is 24.2 Å². The smallest absolute Gasteiger partial charge is 0.335 e. The van der Waals surface area contributed by atoms with Crippen molar-refractivity contribution in [3.05, 3.63) is 113 Å². The summed E-state index contributed by atoms with van der Waals surface area (Å²) in [5, 5.41) is 12.1. The number of carbonyl (C=O) groups is 3. The van der Waals surface area contributed by atoms with E-state index in [1.807, 2.05) is 36.4 Å². The number of nitrogens with one attached hydrogen (secondary N) is 1. The van der Waals surface area contributed by atoms with Crippen molar-refractivity contribution in [1.29, 1.82) is 0 Å². The van der Waals surface area contributed by atoms with Gasteiger partial charge in [-0.1, -0.05) is 60.7 Å². The minimum atomic E-state index is -0.995. The minimum absolute atomic E-state index is 0.000803. The first-order valence-corrected chi connectivity index (χ1v) is 10.9. The highest BCUT2D eigenvalue weighted by atomic mass is 16.5. The molecule has 1 fully saturated rings. The van der Waals surface area contributed by atoms with Crippen LogP contribution in [-0.2, 0) is 16.2 Å². The molecule has 2 N–H and O–H groups in total. The van der Waals surface area contributed by atoms with Gasteiger partial charge >= 0.3 is 5.97 Å². The molecule has 172 valence electrons. The average Bonchev–Trinajstić information content (AvgIpc) is 3.17. The number of fused-ring (bicyclic) bond motifs is 1. The Bertz CT molecular complexity index is 1480. The molecule has 35 heavy (non-hydrogen) atoms. The number of para-hydroxylation sites is 1. The van der Waals surface area contributed by atoms with Crippen molar-refractivity contribution in [3.63, 3.8) is 0 Å². The Kier molecular flexibility index (Phi) is 5.73. The summed E-state index contributed by atoms with van der Waals surface area (Å²) in [7, 11) is 0. The molecule has 4 aromatic carbocycles.